The average molecular weight is 429 g/mol. The maximum absolute atomic E-state index is 14.3. The fraction of sp³-hybridized carbons (Fsp3) is 0.318. The highest BCUT2D eigenvalue weighted by Gasteiger charge is 2.31. The van der Waals surface area contributed by atoms with Gasteiger partial charge in [0.1, 0.15) is 11.6 Å². The molecule has 1 amide bonds. The van der Waals surface area contributed by atoms with Crippen LogP contribution in [0.4, 0.5) is 8.78 Å². The van der Waals surface area contributed by atoms with Crippen LogP contribution in [-0.4, -0.2) is 37.9 Å². The molecule has 2 aromatic carbocycles. The molecule has 4 rings (SSSR count). The summed E-state index contributed by atoms with van der Waals surface area (Å²) >= 11 is 1.30. The number of hydrogen-bond acceptors (Lipinski definition) is 4. The summed E-state index contributed by atoms with van der Waals surface area (Å²) in [7, 11) is 0. The van der Waals surface area contributed by atoms with Gasteiger partial charge in [0.25, 0.3) is 0 Å². The Hall–Kier alpha value is -2.74. The fourth-order valence-corrected chi connectivity index (χ4v) is 4.22. The van der Waals surface area contributed by atoms with Crippen molar-refractivity contribution in [1.82, 2.24) is 19.7 Å². The Kier molecular flexibility index (Phi) is 6.13. The molecule has 8 heteroatoms. The normalized spacial score (nSPS) is 13.4. The fourth-order valence-electron chi connectivity index (χ4n) is 3.31. The molecule has 30 heavy (non-hydrogen) atoms. The summed E-state index contributed by atoms with van der Waals surface area (Å²) < 4.78 is 29.7. The van der Waals surface area contributed by atoms with Crippen molar-refractivity contribution in [3.05, 3.63) is 65.7 Å². The molecule has 0 spiro atoms. The van der Waals surface area contributed by atoms with Crippen molar-refractivity contribution in [1.29, 1.82) is 0 Å². The molecule has 0 N–H and O–H groups in total. The Morgan fingerprint density at radius 1 is 1.17 bits per heavy atom. The first-order valence-electron chi connectivity index (χ1n) is 9.91. The van der Waals surface area contributed by atoms with Gasteiger partial charge in [-0.3, -0.25) is 9.36 Å². The molecule has 1 heterocycles. The van der Waals surface area contributed by atoms with Crippen LogP contribution in [0.2, 0.25) is 0 Å². The molecule has 0 saturated heterocycles. The van der Waals surface area contributed by atoms with Crippen molar-refractivity contribution in [2.45, 2.75) is 37.5 Å². The van der Waals surface area contributed by atoms with Gasteiger partial charge in [-0.25, -0.2) is 8.78 Å². The molecular formula is C22H22F2N4OS. The van der Waals surface area contributed by atoms with E-state index in [4.69, 9.17) is 0 Å². The second-order valence-electron chi connectivity index (χ2n) is 7.21. The number of carbonyl (C=O) groups excluding carboxylic acids is 1. The molecule has 156 valence electrons. The van der Waals surface area contributed by atoms with Gasteiger partial charge in [-0.1, -0.05) is 36.0 Å². The summed E-state index contributed by atoms with van der Waals surface area (Å²) in [6.45, 7) is 2.76. The summed E-state index contributed by atoms with van der Waals surface area (Å²) in [5.74, 6) is -0.0388. The molecule has 0 aliphatic heterocycles. The van der Waals surface area contributed by atoms with Crippen LogP contribution in [0.1, 0.15) is 31.4 Å². The standard InChI is InChI=1S/C22H22F2N4OS/c1-2-27(13-15-6-5-7-16(23)12-15)20(29)14-30-22-26-25-21(28(22)17-10-11-17)18-8-3-4-9-19(18)24/h3-9,12,17H,2,10-11,13-14H2,1H3. The van der Waals surface area contributed by atoms with Crippen molar-refractivity contribution >= 4 is 17.7 Å². The largest absolute Gasteiger partial charge is 0.338 e. The third-order valence-electron chi connectivity index (χ3n) is 5.01. The maximum atomic E-state index is 14.3. The van der Waals surface area contributed by atoms with Crippen LogP contribution in [0.3, 0.4) is 0 Å². The zero-order chi connectivity index (χ0) is 21.1. The van der Waals surface area contributed by atoms with Gasteiger partial charge in [0.05, 0.1) is 11.3 Å². The minimum Gasteiger partial charge on any atom is -0.338 e. The van der Waals surface area contributed by atoms with Crippen LogP contribution in [0, 0.1) is 11.6 Å². The smallest absolute Gasteiger partial charge is 0.233 e. The molecule has 1 aliphatic rings. The number of benzene rings is 2. The SMILES string of the molecule is CCN(Cc1cccc(F)c1)C(=O)CSc1nnc(-c2ccccc2F)n1C1CC1. The first-order valence-corrected chi connectivity index (χ1v) is 10.9. The number of halogens is 2. The second-order valence-corrected chi connectivity index (χ2v) is 8.16. The highest BCUT2D eigenvalue weighted by molar-refractivity contribution is 7.99. The van der Waals surface area contributed by atoms with Gasteiger partial charge in [0.15, 0.2) is 11.0 Å². The van der Waals surface area contributed by atoms with Crippen LogP contribution < -0.4 is 0 Å². The van der Waals surface area contributed by atoms with E-state index in [-0.39, 0.29) is 29.3 Å². The third-order valence-corrected chi connectivity index (χ3v) is 5.94. The van der Waals surface area contributed by atoms with E-state index >= 15 is 0 Å². The lowest BCUT2D eigenvalue weighted by molar-refractivity contribution is -0.128. The molecule has 1 aliphatic carbocycles. The van der Waals surface area contributed by atoms with Crippen LogP contribution in [0.15, 0.2) is 53.7 Å². The Labute approximate surface area is 178 Å². The van der Waals surface area contributed by atoms with Crippen molar-refractivity contribution in [2.75, 3.05) is 12.3 Å². The van der Waals surface area contributed by atoms with E-state index in [1.807, 2.05) is 11.5 Å². The molecule has 0 unspecified atom stereocenters. The minimum atomic E-state index is -0.341. The molecule has 1 aromatic heterocycles. The summed E-state index contributed by atoms with van der Waals surface area (Å²) in [6.07, 6.45) is 1.98. The van der Waals surface area contributed by atoms with E-state index in [0.717, 1.165) is 18.4 Å². The van der Waals surface area contributed by atoms with Gasteiger partial charge in [0.2, 0.25) is 5.91 Å². The number of amides is 1. The zero-order valence-electron chi connectivity index (χ0n) is 16.6. The monoisotopic (exact) mass is 428 g/mol. The van der Waals surface area contributed by atoms with Gasteiger partial charge in [-0.15, -0.1) is 10.2 Å². The van der Waals surface area contributed by atoms with E-state index < -0.39 is 0 Å². The highest BCUT2D eigenvalue weighted by atomic mass is 32.2. The summed E-state index contributed by atoms with van der Waals surface area (Å²) in [6, 6.07) is 13.0. The predicted octanol–water partition coefficient (Wildman–Crippen LogP) is 4.70. The van der Waals surface area contributed by atoms with Gasteiger partial charge in [-0.2, -0.15) is 0 Å². The average Bonchev–Trinajstić information content (AvgIpc) is 3.50. The van der Waals surface area contributed by atoms with E-state index in [1.54, 1.807) is 35.2 Å². The van der Waals surface area contributed by atoms with Gasteiger partial charge < -0.3 is 4.90 Å². The zero-order valence-corrected chi connectivity index (χ0v) is 17.4. The predicted molar refractivity (Wildman–Crippen MR) is 112 cm³/mol. The quantitative estimate of drug-likeness (QED) is 0.488. The van der Waals surface area contributed by atoms with Crippen molar-refractivity contribution in [3.63, 3.8) is 0 Å². The lowest BCUT2D eigenvalue weighted by atomic mass is 10.2. The van der Waals surface area contributed by atoms with Crippen LogP contribution in [0.5, 0.6) is 0 Å². The second kappa shape index (κ2) is 8.95. The topological polar surface area (TPSA) is 51.0 Å². The van der Waals surface area contributed by atoms with Gasteiger partial charge in [-0.05, 0) is 49.6 Å². The van der Waals surface area contributed by atoms with E-state index in [1.165, 1.54) is 30.0 Å². The highest BCUT2D eigenvalue weighted by Crippen LogP contribution is 2.41. The Morgan fingerprint density at radius 3 is 2.67 bits per heavy atom. The minimum absolute atomic E-state index is 0.0652. The first-order chi connectivity index (χ1) is 14.6. The third kappa shape index (κ3) is 4.53. The molecule has 1 fully saturated rings. The molecule has 5 nitrogen and oxygen atoms in total. The molecule has 0 bridgehead atoms. The Bertz CT molecular complexity index is 1050. The number of hydrogen-bond donors (Lipinski definition) is 0. The number of aromatic nitrogens is 3. The number of carbonyl (C=O) groups is 1. The first kappa shape index (κ1) is 20.5. The van der Waals surface area contributed by atoms with Crippen molar-refractivity contribution < 1.29 is 13.6 Å². The maximum Gasteiger partial charge on any atom is 0.233 e. The number of rotatable bonds is 8. The Morgan fingerprint density at radius 2 is 1.97 bits per heavy atom. The lowest BCUT2D eigenvalue weighted by Gasteiger charge is -2.21. The number of thioether (sulfide) groups is 1. The molecule has 0 atom stereocenters. The molecular weight excluding hydrogens is 406 g/mol. The lowest BCUT2D eigenvalue weighted by Crippen LogP contribution is -2.31. The van der Waals surface area contributed by atoms with E-state index in [2.05, 4.69) is 10.2 Å². The summed E-state index contributed by atoms with van der Waals surface area (Å²) in [5.41, 5.74) is 1.16. The van der Waals surface area contributed by atoms with Crippen LogP contribution in [-0.2, 0) is 11.3 Å². The molecule has 0 radical (unpaired) electrons. The molecule has 1 saturated carbocycles. The van der Waals surface area contributed by atoms with Crippen molar-refractivity contribution in [2.24, 2.45) is 0 Å². The Balaban J connectivity index is 1.48. The summed E-state index contributed by atoms with van der Waals surface area (Å²) in [4.78, 5) is 14.4. The van der Waals surface area contributed by atoms with Crippen molar-refractivity contribution in [3.8, 4) is 11.4 Å². The van der Waals surface area contributed by atoms with Crippen LogP contribution >= 0.6 is 11.8 Å². The van der Waals surface area contributed by atoms with E-state index in [0.29, 0.717) is 29.6 Å². The molecule has 3 aromatic rings. The van der Waals surface area contributed by atoms with Gasteiger partial charge >= 0.3 is 0 Å². The van der Waals surface area contributed by atoms with Gasteiger partial charge in [0, 0.05) is 19.1 Å². The number of nitrogens with zero attached hydrogens (tertiary/aromatic N) is 4. The van der Waals surface area contributed by atoms with E-state index in [9.17, 15) is 13.6 Å². The van der Waals surface area contributed by atoms with Crippen LogP contribution in [0.25, 0.3) is 11.4 Å². The summed E-state index contributed by atoms with van der Waals surface area (Å²) in [5, 5.41) is 9.07.